The molecule has 0 N–H and O–H groups in total. The Labute approximate surface area is 91.0 Å². The van der Waals surface area contributed by atoms with Crippen molar-refractivity contribution < 1.29 is 22.7 Å². The normalized spacial score (nSPS) is 11.2. The third kappa shape index (κ3) is 2.74. The van der Waals surface area contributed by atoms with E-state index in [9.17, 15) is 18.0 Å². The molecule has 5 heteroatoms. The van der Waals surface area contributed by atoms with E-state index in [0.29, 0.717) is 11.8 Å². The number of carbonyl (C=O) groups excluding carboxylic acids is 1. The highest BCUT2D eigenvalue weighted by Crippen LogP contribution is 2.38. The number of rotatable bonds is 4. The number of para-hydroxylation sites is 1. The van der Waals surface area contributed by atoms with Crippen LogP contribution in [0.15, 0.2) is 18.2 Å². The van der Waals surface area contributed by atoms with Gasteiger partial charge >= 0.3 is 6.18 Å². The first kappa shape index (κ1) is 12.5. The van der Waals surface area contributed by atoms with Gasteiger partial charge in [-0.25, -0.2) is 0 Å². The van der Waals surface area contributed by atoms with Crippen molar-refractivity contribution >= 4 is 6.29 Å². The van der Waals surface area contributed by atoms with E-state index in [0.717, 1.165) is 6.07 Å². The zero-order chi connectivity index (χ0) is 12.2. The minimum Gasteiger partial charge on any atom is -0.496 e. The van der Waals surface area contributed by atoms with Crippen LogP contribution in [-0.2, 0) is 17.4 Å². The molecule has 16 heavy (non-hydrogen) atoms. The molecule has 0 heterocycles. The van der Waals surface area contributed by atoms with Crippen molar-refractivity contribution in [1.29, 1.82) is 0 Å². The second-order valence-corrected chi connectivity index (χ2v) is 3.20. The van der Waals surface area contributed by atoms with E-state index in [1.165, 1.54) is 19.2 Å². The van der Waals surface area contributed by atoms with E-state index in [1.54, 1.807) is 0 Å². The minimum atomic E-state index is -4.44. The second kappa shape index (κ2) is 5.01. The maximum absolute atomic E-state index is 12.6. The average molecular weight is 232 g/mol. The number of hydrogen-bond acceptors (Lipinski definition) is 2. The highest BCUT2D eigenvalue weighted by Gasteiger charge is 2.34. The largest absolute Gasteiger partial charge is 0.496 e. The molecule has 0 saturated heterocycles. The molecule has 0 aliphatic rings. The maximum atomic E-state index is 12.6. The standard InChI is InChI=1S/C11H11F3O2/c1-16-10-8(5-3-7-15)4-2-6-9(10)11(12,13)14/h2,4,6-7H,3,5H2,1H3. The average Bonchev–Trinajstić information content (AvgIpc) is 2.24. The molecule has 0 atom stereocenters. The van der Waals surface area contributed by atoms with Gasteiger partial charge in [-0.05, 0) is 18.1 Å². The van der Waals surface area contributed by atoms with Gasteiger partial charge < -0.3 is 9.53 Å². The molecule has 1 rings (SSSR count). The fourth-order valence-corrected chi connectivity index (χ4v) is 1.46. The van der Waals surface area contributed by atoms with Crippen molar-refractivity contribution in [3.8, 4) is 5.75 Å². The Morgan fingerprint density at radius 1 is 1.38 bits per heavy atom. The first-order chi connectivity index (χ1) is 7.50. The van der Waals surface area contributed by atoms with Crippen LogP contribution < -0.4 is 4.74 Å². The van der Waals surface area contributed by atoms with Crippen LogP contribution in [0, 0.1) is 0 Å². The lowest BCUT2D eigenvalue weighted by molar-refractivity contribution is -0.138. The third-order valence-corrected chi connectivity index (χ3v) is 2.14. The molecule has 0 amide bonds. The molecular weight excluding hydrogens is 221 g/mol. The first-order valence-electron chi connectivity index (χ1n) is 4.67. The number of ether oxygens (including phenoxy) is 1. The van der Waals surface area contributed by atoms with Crippen LogP contribution in [0.5, 0.6) is 5.75 Å². The van der Waals surface area contributed by atoms with E-state index >= 15 is 0 Å². The van der Waals surface area contributed by atoms with Gasteiger partial charge in [0, 0.05) is 6.42 Å². The van der Waals surface area contributed by atoms with Crippen molar-refractivity contribution in [2.45, 2.75) is 19.0 Å². The summed E-state index contributed by atoms with van der Waals surface area (Å²) in [4.78, 5) is 10.2. The van der Waals surface area contributed by atoms with Crippen molar-refractivity contribution in [3.05, 3.63) is 29.3 Å². The summed E-state index contributed by atoms with van der Waals surface area (Å²) in [6.45, 7) is 0. The van der Waals surface area contributed by atoms with Gasteiger partial charge in [0.25, 0.3) is 0 Å². The molecule has 0 spiro atoms. The highest BCUT2D eigenvalue weighted by atomic mass is 19.4. The molecule has 0 bridgehead atoms. The molecule has 0 aliphatic heterocycles. The van der Waals surface area contributed by atoms with Crippen LogP contribution in [0.3, 0.4) is 0 Å². The fourth-order valence-electron chi connectivity index (χ4n) is 1.46. The molecule has 0 unspecified atom stereocenters. The molecular formula is C11H11F3O2. The van der Waals surface area contributed by atoms with Crippen molar-refractivity contribution in [3.63, 3.8) is 0 Å². The van der Waals surface area contributed by atoms with Gasteiger partial charge in [-0.2, -0.15) is 13.2 Å². The van der Waals surface area contributed by atoms with E-state index in [1.807, 2.05) is 0 Å². The lowest BCUT2D eigenvalue weighted by atomic mass is 10.0. The SMILES string of the molecule is COc1c(CCC=O)cccc1C(F)(F)F. The van der Waals surface area contributed by atoms with Crippen LogP contribution >= 0.6 is 0 Å². The Kier molecular flexibility index (Phi) is 3.93. The van der Waals surface area contributed by atoms with E-state index in [2.05, 4.69) is 0 Å². The Bertz CT molecular complexity index is 372. The highest BCUT2D eigenvalue weighted by molar-refractivity contribution is 5.52. The van der Waals surface area contributed by atoms with Crippen molar-refractivity contribution in [1.82, 2.24) is 0 Å². The summed E-state index contributed by atoms with van der Waals surface area (Å²) in [7, 11) is 1.19. The third-order valence-electron chi connectivity index (χ3n) is 2.14. The molecule has 88 valence electrons. The first-order valence-corrected chi connectivity index (χ1v) is 4.67. The van der Waals surface area contributed by atoms with Gasteiger partial charge in [-0.3, -0.25) is 0 Å². The number of aryl methyl sites for hydroxylation is 1. The second-order valence-electron chi connectivity index (χ2n) is 3.20. The number of aldehydes is 1. The summed E-state index contributed by atoms with van der Waals surface area (Å²) in [5, 5.41) is 0. The summed E-state index contributed by atoms with van der Waals surface area (Å²) in [5.74, 6) is -0.197. The Morgan fingerprint density at radius 3 is 2.56 bits per heavy atom. The molecule has 0 aliphatic carbocycles. The maximum Gasteiger partial charge on any atom is 0.419 e. The number of carbonyl (C=O) groups is 1. The van der Waals surface area contributed by atoms with E-state index in [4.69, 9.17) is 4.74 Å². The summed E-state index contributed by atoms with van der Waals surface area (Å²) in [6, 6.07) is 3.80. The number of halogens is 3. The minimum absolute atomic E-state index is 0.178. The van der Waals surface area contributed by atoms with Gasteiger partial charge in [0.2, 0.25) is 0 Å². The van der Waals surface area contributed by atoms with Gasteiger partial charge in [0.15, 0.2) is 0 Å². The Balaban J connectivity index is 3.15. The number of hydrogen-bond donors (Lipinski definition) is 0. The van der Waals surface area contributed by atoms with Crippen LogP contribution in [0.1, 0.15) is 17.5 Å². The summed E-state index contributed by atoms with van der Waals surface area (Å²) in [5.41, 5.74) is -0.414. The molecule has 1 aromatic carbocycles. The lowest BCUT2D eigenvalue weighted by Crippen LogP contribution is -2.09. The van der Waals surface area contributed by atoms with Crippen LogP contribution in [0.25, 0.3) is 0 Å². The molecule has 0 saturated carbocycles. The summed E-state index contributed by atoms with van der Waals surface area (Å²) in [6.07, 6.45) is -3.35. The molecule has 0 radical (unpaired) electrons. The lowest BCUT2D eigenvalue weighted by Gasteiger charge is -2.14. The number of alkyl halides is 3. The van der Waals surface area contributed by atoms with Crippen LogP contribution in [-0.4, -0.2) is 13.4 Å². The van der Waals surface area contributed by atoms with Gasteiger partial charge in [0.1, 0.15) is 12.0 Å². The fraction of sp³-hybridized carbons (Fsp3) is 0.364. The number of methoxy groups -OCH3 is 1. The molecule has 2 nitrogen and oxygen atoms in total. The van der Waals surface area contributed by atoms with Crippen LogP contribution in [0.2, 0.25) is 0 Å². The van der Waals surface area contributed by atoms with Crippen molar-refractivity contribution in [2.75, 3.05) is 7.11 Å². The molecule has 0 fully saturated rings. The van der Waals surface area contributed by atoms with Gasteiger partial charge in [0.05, 0.1) is 12.7 Å². The van der Waals surface area contributed by atoms with Gasteiger partial charge in [-0.15, -0.1) is 0 Å². The predicted molar refractivity (Wildman–Crippen MR) is 52.4 cm³/mol. The Hall–Kier alpha value is -1.52. The monoisotopic (exact) mass is 232 g/mol. The summed E-state index contributed by atoms with van der Waals surface area (Å²) >= 11 is 0. The van der Waals surface area contributed by atoms with Crippen molar-refractivity contribution in [2.24, 2.45) is 0 Å². The Morgan fingerprint density at radius 2 is 2.06 bits per heavy atom. The van der Waals surface area contributed by atoms with Crippen LogP contribution in [0.4, 0.5) is 13.2 Å². The van der Waals surface area contributed by atoms with Gasteiger partial charge in [-0.1, -0.05) is 12.1 Å². The topological polar surface area (TPSA) is 26.3 Å². The zero-order valence-electron chi connectivity index (χ0n) is 8.67. The zero-order valence-corrected chi connectivity index (χ0v) is 8.67. The molecule has 0 aromatic heterocycles. The number of benzene rings is 1. The molecule has 1 aromatic rings. The quantitative estimate of drug-likeness (QED) is 0.746. The summed E-state index contributed by atoms with van der Waals surface area (Å²) < 4.78 is 42.5. The van der Waals surface area contributed by atoms with E-state index in [-0.39, 0.29) is 18.6 Å². The van der Waals surface area contributed by atoms with E-state index < -0.39 is 11.7 Å². The smallest absolute Gasteiger partial charge is 0.419 e. The predicted octanol–water partition coefficient (Wildman–Crippen LogP) is 2.85.